The van der Waals surface area contributed by atoms with Crippen LogP contribution in [0.15, 0.2) is 54.5 Å². The number of rotatable bonds is 9. The highest BCUT2D eigenvalue weighted by Gasteiger charge is 2.32. The molecule has 1 aliphatic carbocycles. The molecule has 0 bridgehead atoms. The van der Waals surface area contributed by atoms with E-state index >= 15 is 0 Å². The van der Waals surface area contributed by atoms with Gasteiger partial charge in [-0.05, 0) is 37.1 Å². The molecule has 2 rings (SSSR count). The van der Waals surface area contributed by atoms with Crippen LogP contribution in [0.2, 0.25) is 0 Å². The number of benzene rings is 1. The summed E-state index contributed by atoms with van der Waals surface area (Å²) in [4.78, 5) is 23.8. The fourth-order valence-corrected chi connectivity index (χ4v) is 4.76. The van der Waals surface area contributed by atoms with Gasteiger partial charge in [0, 0.05) is 36.6 Å². The van der Waals surface area contributed by atoms with Gasteiger partial charge in [-0.3, -0.25) is 4.79 Å². The Morgan fingerprint density at radius 2 is 1.61 bits per heavy atom. The number of carboxylic acids is 1. The Balaban J connectivity index is 2.13. The van der Waals surface area contributed by atoms with Crippen molar-refractivity contribution in [2.75, 3.05) is 18.4 Å². The molecule has 1 aromatic rings. The van der Waals surface area contributed by atoms with E-state index in [1.165, 1.54) is 40.7 Å². The molecule has 0 aromatic heterocycles. The van der Waals surface area contributed by atoms with Crippen molar-refractivity contribution >= 4 is 27.6 Å². The van der Waals surface area contributed by atoms with E-state index in [-0.39, 0.29) is 23.9 Å². The number of hydrogen-bond donors (Lipinski definition) is 1. The highest BCUT2D eigenvalue weighted by Crippen LogP contribution is 2.31. The van der Waals surface area contributed by atoms with Crippen molar-refractivity contribution in [3.8, 4) is 0 Å². The van der Waals surface area contributed by atoms with Crippen LogP contribution in [0.4, 0.5) is 5.69 Å². The lowest BCUT2D eigenvalue weighted by atomic mass is 9.78. The Kier molecular flexibility index (Phi) is 7.53. The highest BCUT2D eigenvalue weighted by molar-refractivity contribution is 7.89. The maximum absolute atomic E-state index is 12.7. The number of sulfonamides is 1. The van der Waals surface area contributed by atoms with Gasteiger partial charge in [0.05, 0.1) is 4.90 Å². The number of carbonyl (C=O) groups is 2. The molecule has 8 heteroatoms. The maximum Gasteiger partial charge on any atom is 0.243 e. The number of nitrogens with one attached hydrogen (secondary N) is 1. The van der Waals surface area contributed by atoms with Crippen LogP contribution in [0.5, 0.6) is 0 Å². The number of amides is 1. The van der Waals surface area contributed by atoms with Crippen LogP contribution in [0.3, 0.4) is 0 Å². The quantitative estimate of drug-likeness (QED) is 0.627. The van der Waals surface area contributed by atoms with E-state index in [0.29, 0.717) is 18.5 Å². The molecule has 0 unspecified atom stereocenters. The Morgan fingerprint density at radius 1 is 1.07 bits per heavy atom. The smallest absolute Gasteiger partial charge is 0.243 e. The number of nitrogens with zero attached hydrogens (tertiary/aromatic N) is 1. The van der Waals surface area contributed by atoms with Gasteiger partial charge in [-0.25, -0.2) is 8.42 Å². The minimum absolute atomic E-state index is 0.0828. The lowest BCUT2D eigenvalue weighted by Crippen LogP contribution is -2.42. The van der Waals surface area contributed by atoms with Crippen LogP contribution in [-0.4, -0.2) is 37.7 Å². The van der Waals surface area contributed by atoms with Gasteiger partial charge in [-0.1, -0.05) is 25.0 Å². The molecule has 1 aliphatic rings. The van der Waals surface area contributed by atoms with E-state index < -0.39 is 27.8 Å². The van der Waals surface area contributed by atoms with Gasteiger partial charge in [0.2, 0.25) is 15.9 Å². The molecule has 1 amide bonds. The van der Waals surface area contributed by atoms with Crippen LogP contribution in [0.25, 0.3) is 0 Å². The largest absolute Gasteiger partial charge is 0.550 e. The normalized spacial score (nSPS) is 19.8. The topological polar surface area (TPSA) is 107 Å². The molecule has 28 heavy (non-hydrogen) atoms. The second kappa shape index (κ2) is 9.66. The van der Waals surface area contributed by atoms with E-state index in [9.17, 15) is 23.1 Å². The minimum atomic E-state index is -3.72. The predicted octanol–water partition coefficient (Wildman–Crippen LogP) is 1.54. The van der Waals surface area contributed by atoms with E-state index in [2.05, 4.69) is 18.5 Å². The predicted molar refractivity (Wildman–Crippen MR) is 105 cm³/mol. The van der Waals surface area contributed by atoms with Gasteiger partial charge >= 0.3 is 0 Å². The lowest BCUT2D eigenvalue weighted by molar-refractivity contribution is -0.313. The molecular formula is C20H25N2O5S-. The molecule has 1 saturated carbocycles. The third-order valence-electron chi connectivity index (χ3n) is 4.83. The first kappa shape index (κ1) is 21.8. The molecule has 7 nitrogen and oxygen atoms in total. The SMILES string of the molecule is C=CCN(CC=C)S(=O)(=O)c1ccc(NC(=O)[C@@H]2CCCC[C@@H]2C(=O)[O-])cc1. The minimum Gasteiger partial charge on any atom is -0.550 e. The van der Waals surface area contributed by atoms with E-state index in [1.54, 1.807) is 0 Å². The first-order chi connectivity index (χ1) is 13.3. The zero-order chi connectivity index (χ0) is 20.7. The molecule has 1 N–H and O–H groups in total. The lowest BCUT2D eigenvalue weighted by Gasteiger charge is -2.31. The number of aliphatic carboxylic acids is 1. The van der Waals surface area contributed by atoms with Crippen LogP contribution in [-0.2, 0) is 19.6 Å². The Bertz CT molecular complexity index is 823. The van der Waals surface area contributed by atoms with E-state index in [0.717, 1.165) is 12.8 Å². The van der Waals surface area contributed by atoms with Crippen LogP contribution < -0.4 is 10.4 Å². The summed E-state index contributed by atoms with van der Waals surface area (Å²) < 4.78 is 26.6. The van der Waals surface area contributed by atoms with Crippen LogP contribution in [0, 0.1) is 11.8 Å². The van der Waals surface area contributed by atoms with Gasteiger partial charge < -0.3 is 15.2 Å². The number of anilines is 1. The van der Waals surface area contributed by atoms with Crippen molar-refractivity contribution in [3.63, 3.8) is 0 Å². The average molecular weight is 405 g/mol. The molecule has 0 heterocycles. The molecule has 0 saturated heterocycles. The molecule has 2 atom stereocenters. The molecule has 1 aromatic carbocycles. The second-order valence-corrected chi connectivity index (χ2v) is 8.67. The van der Waals surface area contributed by atoms with Crippen molar-refractivity contribution in [1.82, 2.24) is 4.31 Å². The van der Waals surface area contributed by atoms with Crippen LogP contribution in [0.1, 0.15) is 25.7 Å². The van der Waals surface area contributed by atoms with Gasteiger partial charge in [-0.15, -0.1) is 13.2 Å². The van der Waals surface area contributed by atoms with Gasteiger partial charge in [-0.2, -0.15) is 4.31 Å². The Hall–Kier alpha value is -2.45. The van der Waals surface area contributed by atoms with Gasteiger partial charge in [0.1, 0.15) is 0 Å². The summed E-state index contributed by atoms with van der Waals surface area (Å²) in [5.41, 5.74) is 0.408. The zero-order valence-corrected chi connectivity index (χ0v) is 16.5. The van der Waals surface area contributed by atoms with Crippen molar-refractivity contribution in [2.24, 2.45) is 11.8 Å². The number of carboxylic acid groups (broad SMARTS) is 1. The third kappa shape index (κ3) is 5.08. The number of hydrogen-bond acceptors (Lipinski definition) is 5. The van der Waals surface area contributed by atoms with E-state index in [1.807, 2.05) is 0 Å². The second-order valence-electron chi connectivity index (χ2n) is 6.73. The van der Waals surface area contributed by atoms with Crippen LogP contribution >= 0.6 is 0 Å². The summed E-state index contributed by atoms with van der Waals surface area (Å²) >= 11 is 0. The third-order valence-corrected chi connectivity index (χ3v) is 6.68. The first-order valence-electron chi connectivity index (χ1n) is 9.15. The molecule has 0 radical (unpaired) electrons. The van der Waals surface area contributed by atoms with Crippen molar-refractivity contribution in [3.05, 3.63) is 49.6 Å². The Morgan fingerprint density at radius 3 is 2.11 bits per heavy atom. The van der Waals surface area contributed by atoms with Gasteiger partial charge in [0.25, 0.3) is 0 Å². The van der Waals surface area contributed by atoms with Gasteiger partial charge in [0.15, 0.2) is 0 Å². The average Bonchev–Trinajstić information content (AvgIpc) is 2.68. The first-order valence-corrected chi connectivity index (χ1v) is 10.6. The molecule has 0 spiro atoms. The summed E-state index contributed by atoms with van der Waals surface area (Å²) in [6.45, 7) is 7.43. The fraction of sp³-hybridized carbons (Fsp3) is 0.400. The summed E-state index contributed by atoms with van der Waals surface area (Å²) in [7, 11) is -3.72. The standard InChI is InChI=1S/C20H26N2O5S/c1-3-13-22(14-4-2)28(26,27)16-11-9-15(10-12-16)21-19(23)17-7-5-6-8-18(17)20(24)25/h3-4,9-12,17-18H,1-2,5-8,13-14H2,(H,21,23)(H,24,25)/p-1/t17-,18+/m1/s1. The fourth-order valence-electron chi connectivity index (χ4n) is 3.38. The highest BCUT2D eigenvalue weighted by atomic mass is 32.2. The summed E-state index contributed by atoms with van der Waals surface area (Å²) in [5.74, 6) is -3.02. The Labute approximate surface area is 165 Å². The van der Waals surface area contributed by atoms with Crippen molar-refractivity contribution in [1.29, 1.82) is 0 Å². The van der Waals surface area contributed by atoms with Crippen molar-refractivity contribution in [2.45, 2.75) is 30.6 Å². The summed E-state index contributed by atoms with van der Waals surface area (Å²) in [5, 5.41) is 14.0. The number of carbonyl (C=O) groups excluding carboxylic acids is 2. The molecule has 0 aliphatic heterocycles. The van der Waals surface area contributed by atoms with Crippen molar-refractivity contribution < 1.29 is 23.1 Å². The molecule has 1 fully saturated rings. The molecule has 152 valence electrons. The maximum atomic E-state index is 12.7. The summed E-state index contributed by atoms with van der Waals surface area (Å²) in [6.07, 6.45) is 5.47. The monoisotopic (exact) mass is 405 g/mol. The zero-order valence-electron chi connectivity index (χ0n) is 15.7. The van der Waals surface area contributed by atoms with E-state index in [4.69, 9.17) is 0 Å². The summed E-state index contributed by atoms with van der Waals surface area (Å²) in [6, 6.07) is 5.78. The molecular weight excluding hydrogens is 380 g/mol.